The Kier molecular flexibility index (Phi) is 3.29. The van der Waals surface area contributed by atoms with Gasteiger partial charge in [-0.3, -0.25) is 4.79 Å². The van der Waals surface area contributed by atoms with E-state index >= 15 is 0 Å². The first-order chi connectivity index (χ1) is 6.16. The van der Waals surface area contributed by atoms with Crippen LogP contribution in [0.3, 0.4) is 0 Å². The molecular weight excluding hydrogens is 164 g/mol. The van der Waals surface area contributed by atoms with Gasteiger partial charge in [-0.1, -0.05) is 30.7 Å². The Labute approximate surface area is 79.3 Å². The zero-order valence-electron chi connectivity index (χ0n) is 8.41. The van der Waals surface area contributed by atoms with Gasteiger partial charge in [0, 0.05) is 0 Å². The summed E-state index contributed by atoms with van der Waals surface area (Å²) in [7, 11) is 1.43. The highest BCUT2D eigenvalue weighted by Gasteiger charge is 2.22. The third kappa shape index (κ3) is 2.20. The molecule has 2 nitrogen and oxygen atoms in total. The number of allylic oxidation sites excluding steroid dienone is 3. The van der Waals surface area contributed by atoms with Crippen LogP contribution in [0.5, 0.6) is 0 Å². The fraction of sp³-hybridized carbons (Fsp3) is 0.545. The smallest absolute Gasteiger partial charge is 0.312 e. The minimum atomic E-state index is -0.145. The first kappa shape index (κ1) is 10.0. The van der Waals surface area contributed by atoms with Gasteiger partial charge in [0.05, 0.1) is 13.0 Å². The second-order valence-corrected chi connectivity index (χ2v) is 3.48. The molecule has 2 atom stereocenters. The van der Waals surface area contributed by atoms with Gasteiger partial charge in [0.25, 0.3) is 0 Å². The zero-order valence-corrected chi connectivity index (χ0v) is 8.41. The molecule has 0 fully saturated rings. The molecule has 0 saturated heterocycles. The molecular formula is C11H16O2. The molecule has 0 aromatic heterocycles. The number of carbonyl (C=O) groups is 1. The highest BCUT2D eigenvalue weighted by molar-refractivity contribution is 5.75. The molecule has 0 bridgehead atoms. The van der Waals surface area contributed by atoms with Crippen LogP contribution in [-0.4, -0.2) is 13.1 Å². The lowest BCUT2D eigenvalue weighted by atomic mass is 9.85. The highest BCUT2D eigenvalue weighted by Crippen LogP contribution is 2.27. The van der Waals surface area contributed by atoms with Crippen LogP contribution in [0.15, 0.2) is 23.8 Å². The van der Waals surface area contributed by atoms with E-state index in [4.69, 9.17) is 4.74 Å². The standard InChI is InChI=1S/C11H16O2/c1-8-6-4-5-7-10(8)9(2)11(12)13-3/h4-5,7-9H,6H2,1-3H3. The number of hydrogen-bond donors (Lipinski definition) is 0. The van der Waals surface area contributed by atoms with Crippen LogP contribution < -0.4 is 0 Å². The summed E-state index contributed by atoms with van der Waals surface area (Å²) in [5.41, 5.74) is 1.18. The van der Waals surface area contributed by atoms with E-state index in [2.05, 4.69) is 13.0 Å². The molecule has 72 valence electrons. The third-order valence-corrected chi connectivity index (χ3v) is 2.54. The van der Waals surface area contributed by atoms with Crippen LogP contribution in [0.1, 0.15) is 20.3 Å². The molecule has 2 unspecified atom stereocenters. The van der Waals surface area contributed by atoms with Crippen LogP contribution in [-0.2, 0) is 9.53 Å². The second kappa shape index (κ2) is 4.26. The highest BCUT2D eigenvalue weighted by atomic mass is 16.5. The molecule has 0 heterocycles. The van der Waals surface area contributed by atoms with E-state index < -0.39 is 0 Å². The van der Waals surface area contributed by atoms with Gasteiger partial charge in [0.2, 0.25) is 0 Å². The number of hydrogen-bond acceptors (Lipinski definition) is 2. The average Bonchev–Trinajstić information content (AvgIpc) is 2.16. The summed E-state index contributed by atoms with van der Waals surface area (Å²) in [6.45, 7) is 4.03. The van der Waals surface area contributed by atoms with E-state index in [-0.39, 0.29) is 11.9 Å². The van der Waals surface area contributed by atoms with Crippen molar-refractivity contribution >= 4 is 5.97 Å². The third-order valence-electron chi connectivity index (χ3n) is 2.54. The van der Waals surface area contributed by atoms with Gasteiger partial charge in [-0.25, -0.2) is 0 Å². The van der Waals surface area contributed by atoms with Crippen LogP contribution >= 0.6 is 0 Å². The summed E-state index contributed by atoms with van der Waals surface area (Å²) in [5, 5.41) is 0. The van der Waals surface area contributed by atoms with Gasteiger partial charge in [-0.15, -0.1) is 0 Å². The Hall–Kier alpha value is -1.05. The summed E-state index contributed by atoms with van der Waals surface area (Å²) in [6, 6.07) is 0. The van der Waals surface area contributed by atoms with Crippen LogP contribution in [0.25, 0.3) is 0 Å². The number of esters is 1. The van der Waals surface area contributed by atoms with Gasteiger partial charge in [-0.05, 0) is 19.3 Å². The average molecular weight is 180 g/mol. The molecule has 1 rings (SSSR count). The Balaban J connectivity index is 2.75. The van der Waals surface area contributed by atoms with Gasteiger partial charge in [-0.2, -0.15) is 0 Å². The lowest BCUT2D eigenvalue weighted by molar-refractivity contribution is -0.143. The minimum Gasteiger partial charge on any atom is -0.469 e. The monoisotopic (exact) mass is 180 g/mol. The van der Waals surface area contributed by atoms with Gasteiger partial charge >= 0.3 is 5.97 Å². The maximum Gasteiger partial charge on any atom is 0.312 e. The Morgan fingerprint density at radius 2 is 2.38 bits per heavy atom. The van der Waals surface area contributed by atoms with Crippen molar-refractivity contribution in [2.75, 3.05) is 7.11 Å². The SMILES string of the molecule is COC(=O)C(C)C1=CC=CCC1C. The van der Waals surface area contributed by atoms with Crippen LogP contribution in [0.4, 0.5) is 0 Å². The number of rotatable bonds is 2. The van der Waals surface area contributed by atoms with E-state index in [1.165, 1.54) is 12.7 Å². The summed E-state index contributed by atoms with van der Waals surface area (Å²) < 4.78 is 4.71. The van der Waals surface area contributed by atoms with Crippen LogP contribution in [0, 0.1) is 11.8 Å². The maximum atomic E-state index is 11.3. The van der Waals surface area contributed by atoms with Gasteiger partial charge in [0.15, 0.2) is 0 Å². The fourth-order valence-electron chi connectivity index (χ4n) is 1.65. The van der Waals surface area contributed by atoms with Gasteiger partial charge in [0.1, 0.15) is 0 Å². The maximum absolute atomic E-state index is 11.3. The van der Waals surface area contributed by atoms with Crippen molar-refractivity contribution in [3.05, 3.63) is 23.8 Å². The van der Waals surface area contributed by atoms with Crippen molar-refractivity contribution in [3.63, 3.8) is 0 Å². The molecule has 0 amide bonds. The fourth-order valence-corrected chi connectivity index (χ4v) is 1.65. The van der Waals surface area contributed by atoms with Crippen molar-refractivity contribution in [1.82, 2.24) is 0 Å². The minimum absolute atomic E-state index is 0.107. The zero-order chi connectivity index (χ0) is 9.84. The van der Waals surface area contributed by atoms with Crippen molar-refractivity contribution in [2.24, 2.45) is 11.8 Å². The van der Waals surface area contributed by atoms with E-state index in [9.17, 15) is 4.79 Å². The molecule has 0 radical (unpaired) electrons. The molecule has 13 heavy (non-hydrogen) atoms. The number of methoxy groups -OCH3 is 1. The predicted molar refractivity (Wildman–Crippen MR) is 52.2 cm³/mol. The van der Waals surface area contributed by atoms with Gasteiger partial charge < -0.3 is 4.74 Å². The van der Waals surface area contributed by atoms with E-state index in [0.29, 0.717) is 5.92 Å². The number of ether oxygens (including phenoxy) is 1. The van der Waals surface area contributed by atoms with Crippen LogP contribution in [0.2, 0.25) is 0 Å². The van der Waals surface area contributed by atoms with Crippen molar-refractivity contribution in [1.29, 1.82) is 0 Å². The lowest BCUT2D eigenvalue weighted by Gasteiger charge is -2.21. The molecule has 0 saturated carbocycles. The summed E-state index contributed by atoms with van der Waals surface area (Å²) in [6.07, 6.45) is 7.18. The summed E-state index contributed by atoms with van der Waals surface area (Å²) in [5.74, 6) is 0.206. The van der Waals surface area contributed by atoms with Crippen molar-refractivity contribution in [2.45, 2.75) is 20.3 Å². The van der Waals surface area contributed by atoms with E-state index in [1.54, 1.807) is 0 Å². The first-order valence-electron chi connectivity index (χ1n) is 4.61. The Morgan fingerprint density at radius 1 is 1.69 bits per heavy atom. The molecule has 0 aliphatic heterocycles. The van der Waals surface area contributed by atoms with E-state index in [1.807, 2.05) is 19.1 Å². The molecule has 0 aromatic rings. The lowest BCUT2D eigenvalue weighted by Crippen LogP contribution is -2.19. The predicted octanol–water partition coefficient (Wildman–Crippen LogP) is 2.32. The van der Waals surface area contributed by atoms with Crippen molar-refractivity contribution < 1.29 is 9.53 Å². The van der Waals surface area contributed by atoms with E-state index in [0.717, 1.165) is 6.42 Å². The topological polar surface area (TPSA) is 26.3 Å². The molecule has 0 aromatic carbocycles. The molecule has 2 heteroatoms. The molecule has 0 N–H and O–H groups in total. The summed E-state index contributed by atoms with van der Waals surface area (Å²) >= 11 is 0. The Bertz CT molecular complexity index is 251. The Morgan fingerprint density at radius 3 is 2.92 bits per heavy atom. The first-order valence-corrected chi connectivity index (χ1v) is 4.61. The normalized spacial score (nSPS) is 23.6. The number of carbonyl (C=O) groups excluding carboxylic acids is 1. The molecule has 0 spiro atoms. The largest absolute Gasteiger partial charge is 0.469 e. The quantitative estimate of drug-likeness (QED) is 0.609. The summed E-state index contributed by atoms with van der Waals surface area (Å²) in [4.78, 5) is 11.3. The molecule has 1 aliphatic carbocycles. The van der Waals surface area contributed by atoms with Crippen molar-refractivity contribution in [3.8, 4) is 0 Å². The second-order valence-electron chi connectivity index (χ2n) is 3.48. The molecule has 1 aliphatic rings.